The molecule has 0 fully saturated rings. The van der Waals surface area contributed by atoms with E-state index in [4.69, 9.17) is 25.8 Å². The van der Waals surface area contributed by atoms with Gasteiger partial charge in [-0.2, -0.15) is 0 Å². The molecule has 0 spiro atoms. The molecule has 2 aromatic carbocycles. The van der Waals surface area contributed by atoms with Gasteiger partial charge in [0, 0.05) is 17.6 Å². The van der Waals surface area contributed by atoms with Crippen LogP contribution in [0.1, 0.15) is 11.1 Å². The number of hydrogen-bond acceptors (Lipinski definition) is 5. The molecule has 2 N–H and O–H groups in total. The third-order valence-electron chi connectivity index (χ3n) is 3.86. The summed E-state index contributed by atoms with van der Waals surface area (Å²) in [6, 6.07) is 9.09. The molecule has 0 aliphatic carbocycles. The summed E-state index contributed by atoms with van der Waals surface area (Å²) in [5.74, 6) is 1.72. The normalized spacial score (nSPS) is 10.2. The minimum Gasteiger partial charge on any atom is -0.495 e. The monoisotopic (exact) mass is 378 g/mol. The summed E-state index contributed by atoms with van der Waals surface area (Å²) in [5, 5.41) is 6.54. The molecule has 0 aromatic heterocycles. The van der Waals surface area contributed by atoms with Gasteiger partial charge in [-0.25, -0.2) is 0 Å². The number of carbonyl (C=O) groups is 1. The number of aryl methyl sites for hydroxylation is 1. The molecule has 0 radical (unpaired) electrons. The zero-order valence-electron chi connectivity index (χ0n) is 15.3. The number of hydrogen-bond donors (Lipinski definition) is 2. The van der Waals surface area contributed by atoms with E-state index in [1.54, 1.807) is 33.5 Å². The minimum atomic E-state index is -0.144. The number of rotatable bonds is 8. The Kier molecular flexibility index (Phi) is 6.97. The van der Waals surface area contributed by atoms with Crippen LogP contribution in [0.25, 0.3) is 0 Å². The van der Waals surface area contributed by atoms with Crippen LogP contribution in [-0.2, 0) is 11.3 Å². The van der Waals surface area contributed by atoms with E-state index in [9.17, 15) is 4.79 Å². The molecule has 2 aromatic rings. The first kappa shape index (κ1) is 19.7. The van der Waals surface area contributed by atoms with Crippen molar-refractivity contribution in [3.05, 3.63) is 46.5 Å². The molecule has 0 saturated carbocycles. The van der Waals surface area contributed by atoms with Gasteiger partial charge in [-0.1, -0.05) is 17.7 Å². The summed E-state index contributed by atoms with van der Waals surface area (Å²) in [4.78, 5) is 12.1. The summed E-state index contributed by atoms with van der Waals surface area (Å²) >= 11 is 6.08. The summed E-state index contributed by atoms with van der Waals surface area (Å²) in [6.07, 6.45) is 0. The number of methoxy groups -OCH3 is 3. The van der Waals surface area contributed by atoms with Crippen molar-refractivity contribution in [2.24, 2.45) is 0 Å². The molecule has 0 aliphatic heterocycles. The molecule has 0 saturated heterocycles. The highest BCUT2D eigenvalue weighted by molar-refractivity contribution is 6.31. The van der Waals surface area contributed by atoms with Crippen molar-refractivity contribution in [1.29, 1.82) is 0 Å². The van der Waals surface area contributed by atoms with Crippen LogP contribution in [0, 0.1) is 6.92 Å². The number of nitrogens with one attached hydrogen (secondary N) is 2. The second kappa shape index (κ2) is 9.20. The van der Waals surface area contributed by atoms with Gasteiger partial charge in [0.2, 0.25) is 5.91 Å². The fourth-order valence-corrected chi connectivity index (χ4v) is 2.55. The second-order valence-electron chi connectivity index (χ2n) is 5.62. The van der Waals surface area contributed by atoms with Crippen LogP contribution in [0.4, 0.5) is 5.69 Å². The molecule has 0 aliphatic rings. The Hall–Kier alpha value is -2.60. The summed E-state index contributed by atoms with van der Waals surface area (Å²) in [7, 11) is 4.71. The van der Waals surface area contributed by atoms with E-state index in [1.807, 2.05) is 25.1 Å². The maximum atomic E-state index is 12.1. The average molecular weight is 379 g/mol. The van der Waals surface area contributed by atoms with Gasteiger partial charge in [0.25, 0.3) is 0 Å². The fourth-order valence-electron chi connectivity index (χ4n) is 2.40. The van der Waals surface area contributed by atoms with E-state index in [1.165, 1.54) is 0 Å². The zero-order valence-corrected chi connectivity index (χ0v) is 16.1. The molecule has 1 amide bonds. The van der Waals surface area contributed by atoms with Gasteiger partial charge in [-0.05, 0) is 36.2 Å². The lowest BCUT2D eigenvalue weighted by molar-refractivity contribution is -0.119. The van der Waals surface area contributed by atoms with Crippen LogP contribution in [0.2, 0.25) is 5.02 Å². The average Bonchev–Trinajstić information content (AvgIpc) is 2.66. The molecule has 0 atom stereocenters. The minimum absolute atomic E-state index is 0.116. The Morgan fingerprint density at radius 3 is 2.35 bits per heavy atom. The number of anilines is 1. The van der Waals surface area contributed by atoms with Crippen LogP contribution in [0.5, 0.6) is 17.2 Å². The molecule has 7 heteroatoms. The van der Waals surface area contributed by atoms with E-state index in [2.05, 4.69) is 10.6 Å². The number of ether oxygens (including phenoxy) is 3. The fraction of sp³-hybridized carbons (Fsp3) is 0.316. The molecule has 140 valence electrons. The predicted octanol–water partition coefficient (Wildman–Crippen LogP) is 3.40. The number of benzene rings is 2. The van der Waals surface area contributed by atoms with E-state index in [-0.39, 0.29) is 12.5 Å². The molecular formula is C19H23ClN2O4. The smallest absolute Gasteiger partial charge is 0.239 e. The Bertz CT molecular complexity index is 780. The lowest BCUT2D eigenvalue weighted by Gasteiger charge is -2.13. The van der Waals surface area contributed by atoms with E-state index in [0.29, 0.717) is 28.8 Å². The maximum absolute atomic E-state index is 12.1. The van der Waals surface area contributed by atoms with Crippen LogP contribution in [-0.4, -0.2) is 33.8 Å². The first-order chi connectivity index (χ1) is 12.5. The standard InChI is InChI=1S/C19H23ClN2O4/c1-12-7-15(17(25-3)9-14(12)20)21-11-19(23)22-10-13-5-6-16(24-2)18(8-13)26-4/h5-9,21H,10-11H2,1-4H3,(H,22,23). The van der Waals surface area contributed by atoms with Gasteiger partial charge in [0.1, 0.15) is 5.75 Å². The lowest BCUT2D eigenvalue weighted by Crippen LogP contribution is -2.29. The highest BCUT2D eigenvalue weighted by atomic mass is 35.5. The Morgan fingerprint density at radius 2 is 1.69 bits per heavy atom. The molecule has 0 heterocycles. The largest absolute Gasteiger partial charge is 0.495 e. The second-order valence-corrected chi connectivity index (χ2v) is 6.03. The van der Waals surface area contributed by atoms with E-state index < -0.39 is 0 Å². The van der Waals surface area contributed by atoms with Crippen molar-refractivity contribution in [3.8, 4) is 17.2 Å². The lowest BCUT2D eigenvalue weighted by atomic mass is 10.2. The maximum Gasteiger partial charge on any atom is 0.239 e. The van der Waals surface area contributed by atoms with Gasteiger partial charge < -0.3 is 24.8 Å². The van der Waals surface area contributed by atoms with E-state index in [0.717, 1.165) is 16.8 Å². The Morgan fingerprint density at radius 1 is 1.00 bits per heavy atom. The van der Waals surface area contributed by atoms with E-state index >= 15 is 0 Å². The summed E-state index contributed by atoms with van der Waals surface area (Å²) < 4.78 is 15.7. The number of carbonyl (C=O) groups excluding carboxylic acids is 1. The van der Waals surface area contributed by atoms with Crippen LogP contribution < -0.4 is 24.8 Å². The number of amides is 1. The summed E-state index contributed by atoms with van der Waals surface area (Å²) in [6.45, 7) is 2.40. The third-order valence-corrected chi connectivity index (χ3v) is 4.26. The Balaban J connectivity index is 1.93. The van der Waals surface area contributed by atoms with Gasteiger partial charge in [0.05, 0.1) is 33.6 Å². The van der Waals surface area contributed by atoms with Crippen molar-refractivity contribution < 1.29 is 19.0 Å². The topological polar surface area (TPSA) is 68.8 Å². The molecule has 0 unspecified atom stereocenters. The van der Waals surface area contributed by atoms with Crippen LogP contribution in [0.15, 0.2) is 30.3 Å². The van der Waals surface area contributed by atoms with Crippen molar-refractivity contribution >= 4 is 23.2 Å². The van der Waals surface area contributed by atoms with Gasteiger partial charge in [0.15, 0.2) is 11.5 Å². The van der Waals surface area contributed by atoms with Crippen LogP contribution in [0.3, 0.4) is 0 Å². The molecule has 2 rings (SSSR count). The SMILES string of the molecule is COc1cc(Cl)c(C)cc1NCC(=O)NCc1ccc(OC)c(OC)c1. The van der Waals surface area contributed by atoms with Crippen LogP contribution >= 0.6 is 11.6 Å². The van der Waals surface area contributed by atoms with Crippen molar-refractivity contribution in [3.63, 3.8) is 0 Å². The molecule has 26 heavy (non-hydrogen) atoms. The van der Waals surface area contributed by atoms with Gasteiger partial charge in [-0.15, -0.1) is 0 Å². The molecule has 6 nitrogen and oxygen atoms in total. The van der Waals surface area contributed by atoms with Crippen molar-refractivity contribution in [1.82, 2.24) is 5.32 Å². The molecule has 0 bridgehead atoms. The quantitative estimate of drug-likeness (QED) is 0.736. The van der Waals surface area contributed by atoms with Gasteiger partial charge >= 0.3 is 0 Å². The summed E-state index contributed by atoms with van der Waals surface area (Å²) in [5.41, 5.74) is 2.53. The first-order valence-electron chi connectivity index (χ1n) is 8.04. The highest BCUT2D eigenvalue weighted by Gasteiger charge is 2.09. The van der Waals surface area contributed by atoms with Gasteiger partial charge in [-0.3, -0.25) is 4.79 Å². The number of halogens is 1. The molecular weight excluding hydrogens is 356 g/mol. The van der Waals surface area contributed by atoms with Crippen molar-refractivity contribution in [2.75, 3.05) is 33.2 Å². The first-order valence-corrected chi connectivity index (χ1v) is 8.42. The predicted molar refractivity (Wildman–Crippen MR) is 103 cm³/mol. The zero-order chi connectivity index (χ0) is 19.1. The van der Waals surface area contributed by atoms with Crippen molar-refractivity contribution in [2.45, 2.75) is 13.5 Å². The Labute approximate surface area is 158 Å². The third kappa shape index (κ3) is 4.95. The highest BCUT2D eigenvalue weighted by Crippen LogP contribution is 2.30.